The molecular weight excluding hydrogens is 376 g/mol. The van der Waals surface area contributed by atoms with Gasteiger partial charge in [0.25, 0.3) is 5.69 Å². The van der Waals surface area contributed by atoms with Gasteiger partial charge in [-0.25, -0.2) is 0 Å². The minimum Gasteiger partial charge on any atom is -0.495 e. The van der Waals surface area contributed by atoms with Gasteiger partial charge < -0.3 is 20.7 Å². The number of likely N-dealkylation sites (N-methyl/N-ethyl adjacent to an activating group) is 1. The molecule has 2 rings (SSSR count). The highest BCUT2D eigenvalue weighted by Gasteiger charge is 2.21. The third kappa shape index (κ3) is 4.85. The van der Waals surface area contributed by atoms with E-state index >= 15 is 0 Å². The highest BCUT2D eigenvalue weighted by atomic mass is 35.5. The zero-order chi connectivity index (χ0) is 20.1. The molecule has 9 nitrogen and oxygen atoms in total. The van der Waals surface area contributed by atoms with E-state index in [2.05, 4.69) is 5.32 Å². The summed E-state index contributed by atoms with van der Waals surface area (Å²) in [5.74, 6) is -0.795. The fraction of sp³-hybridized carbons (Fsp3) is 0.176. The maximum Gasteiger partial charge on any atom is 0.293 e. The first-order chi connectivity index (χ1) is 12.7. The van der Waals surface area contributed by atoms with E-state index in [1.54, 1.807) is 12.1 Å². The number of rotatable bonds is 7. The number of hydrogen-bond donors (Lipinski definition) is 2. The van der Waals surface area contributed by atoms with Gasteiger partial charge in [-0.2, -0.15) is 0 Å². The summed E-state index contributed by atoms with van der Waals surface area (Å²) in [6.07, 6.45) is 0. The van der Waals surface area contributed by atoms with E-state index in [1.165, 1.54) is 37.3 Å². The molecule has 0 radical (unpaired) electrons. The SMILES string of the molecule is COc1ccc(Cl)cc1NC(=O)CN(C)c1ccc(C(N)=O)cc1[N+](=O)[O-]. The quantitative estimate of drug-likeness (QED) is 0.550. The number of hydrogen-bond acceptors (Lipinski definition) is 6. The first-order valence-corrected chi connectivity index (χ1v) is 8.03. The van der Waals surface area contributed by atoms with Gasteiger partial charge in [-0.05, 0) is 30.3 Å². The molecule has 2 aromatic carbocycles. The molecular formula is C17H17ClN4O5. The Bertz CT molecular complexity index is 903. The van der Waals surface area contributed by atoms with Crippen LogP contribution in [0, 0.1) is 10.1 Å². The van der Waals surface area contributed by atoms with E-state index in [9.17, 15) is 19.7 Å². The predicted octanol–water partition coefficient (Wildman–Crippen LogP) is 2.43. The Morgan fingerprint density at radius 2 is 2.00 bits per heavy atom. The van der Waals surface area contributed by atoms with Crippen LogP contribution in [0.25, 0.3) is 0 Å². The number of nitrogens with one attached hydrogen (secondary N) is 1. The van der Waals surface area contributed by atoms with Crippen LogP contribution >= 0.6 is 11.6 Å². The second-order valence-corrected chi connectivity index (χ2v) is 6.01. The number of nitro benzene ring substituents is 1. The summed E-state index contributed by atoms with van der Waals surface area (Å²) < 4.78 is 5.16. The standard InChI is InChI=1S/C17H17ClN4O5/c1-21(13-5-3-10(17(19)24)7-14(13)22(25)26)9-16(23)20-12-8-11(18)4-6-15(12)27-2/h3-8H,9H2,1-2H3,(H2,19,24)(H,20,23). The van der Waals surface area contributed by atoms with Crippen LogP contribution in [0.1, 0.15) is 10.4 Å². The van der Waals surface area contributed by atoms with Crippen molar-refractivity contribution in [3.05, 3.63) is 57.1 Å². The van der Waals surface area contributed by atoms with Crippen molar-refractivity contribution in [1.82, 2.24) is 0 Å². The number of nitrogens with zero attached hydrogens (tertiary/aromatic N) is 2. The summed E-state index contributed by atoms with van der Waals surface area (Å²) >= 11 is 5.92. The van der Waals surface area contributed by atoms with Crippen molar-refractivity contribution in [2.24, 2.45) is 5.73 Å². The molecule has 0 saturated heterocycles. The maximum absolute atomic E-state index is 12.3. The van der Waals surface area contributed by atoms with Crippen LogP contribution in [-0.2, 0) is 4.79 Å². The van der Waals surface area contributed by atoms with Gasteiger partial charge in [-0.3, -0.25) is 19.7 Å². The molecule has 2 amide bonds. The summed E-state index contributed by atoms with van der Waals surface area (Å²) in [5, 5.41) is 14.4. The van der Waals surface area contributed by atoms with E-state index in [4.69, 9.17) is 22.1 Å². The number of methoxy groups -OCH3 is 1. The van der Waals surface area contributed by atoms with Gasteiger partial charge in [0.15, 0.2) is 0 Å². The lowest BCUT2D eigenvalue weighted by molar-refractivity contribution is -0.384. The van der Waals surface area contributed by atoms with Gasteiger partial charge in [0.1, 0.15) is 11.4 Å². The molecule has 0 spiro atoms. The smallest absolute Gasteiger partial charge is 0.293 e. The average molecular weight is 393 g/mol. The molecule has 0 atom stereocenters. The summed E-state index contributed by atoms with van der Waals surface area (Å²) in [6, 6.07) is 8.56. The molecule has 0 fully saturated rings. The molecule has 0 heterocycles. The number of carbonyl (C=O) groups excluding carboxylic acids is 2. The summed E-state index contributed by atoms with van der Waals surface area (Å²) in [4.78, 5) is 35.6. The number of anilines is 2. The molecule has 0 aliphatic heterocycles. The lowest BCUT2D eigenvalue weighted by Gasteiger charge is -2.19. The second-order valence-electron chi connectivity index (χ2n) is 5.57. The van der Waals surface area contributed by atoms with Crippen LogP contribution in [-0.4, -0.2) is 37.4 Å². The van der Waals surface area contributed by atoms with Gasteiger partial charge in [0, 0.05) is 23.7 Å². The molecule has 0 unspecified atom stereocenters. The molecule has 142 valence electrons. The van der Waals surface area contributed by atoms with Gasteiger partial charge in [-0.15, -0.1) is 0 Å². The normalized spacial score (nSPS) is 10.2. The number of ether oxygens (including phenoxy) is 1. The number of benzene rings is 2. The molecule has 0 aliphatic carbocycles. The lowest BCUT2D eigenvalue weighted by atomic mass is 10.1. The molecule has 10 heteroatoms. The van der Waals surface area contributed by atoms with Crippen molar-refractivity contribution in [2.75, 3.05) is 30.9 Å². The van der Waals surface area contributed by atoms with Crippen molar-refractivity contribution in [1.29, 1.82) is 0 Å². The van der Waals surface area contributed by atoms with Gasteiger partial charge >= 0.3 is 0 Å². The fourth-order valence-corrected chi connectivity index (χ4v) is 2.59. The number of amides is 2. The Hall–Kier alpha value is -3.33. The van der Waals surface area contributed by atoms with E-state index in [0.29, 0.717) is 16.5 Å². The van der Waals surface area contributed by atoms with Crippen LogP contribution in [0.2, 0.25) is 5.02 Å². The maximum atomic E-state index is 12.3. The summed E-state index contributed by atoms with van der Waals surface area (Å²) in [5.41, 5.74) is 5.37. The first-order valence-electron chi connectivity index (χ1n) is 7.65. The molecule has 0 bridgehead atoms. The summed E-state index contributed by atoms with van der Waals surface area (Å²) in [6.45, 7) is -0.188. The second kappa shape index (κ2) is 8.37. The van der Waals surface area contributed by atoms with Crippen molar-refractivity contribution >= 4 is 40.5 Å². The van der Waals surface area contributed by atoms with Gasteiger partial charge in [0.05, 0.1) is 24.3 Å². The van der Waals surface area contributed by atoms with E-state index < -0.39 is 16.7 Å². The zero-order valence-corrected chi connectivity index (χ0v) is 15.3. The molecule has 3 N–H and O–H groups in total. The van der Waals surface area contributed by atoms with E-state index in [1.807, 2.05) is 0 Å². The monoisotopic (exact) mass is 392 g/mol. The van der Waals surface area contributed by atoms with Crippen LogP contribution in [0.5, 0.6) is 5.75 Å². The van der Waals surface area contributed by atoms with Gasteiger partial charge in [0.2, 0.25) is 11.8 Å². The van der Waals surface area contributed by atoms with Crippen LogP contribution in [0.4, 0.5) is 17.1 Å². The van der Waals surface area contributed by atoms with Crippen LogP contribution in [0.3, 0.4) is 0 Å². The average Bonchev–Trinajstić information content (AvgIpc) is 2.61. The van der Waals surface area contributed by atoms with E-state index in [-0.39, 0.29) is 23.5 Å². The summed E-state index contributed by atoms with van der Waals surface area (Å²) in [7, 11) is 2.97. The molecule has 27 heavy (non-hydrogen) atoms. The van der Waals surface area contributed by atoms with Crippen LogP contribution < -0.4 is 20.7 Å². The number of nitrogens with two attached hydrogens (primary N) is 1. The molecule has 2 aromatic rings. The van der Waals surface area contributed by atoms with Crippen molar-refractivity contribution in [3.63, 3.8) is 0 Å². The van der Waals surface area contributed by atoms with Crippen molar-refractivity contribution in [3.8, 4) is 5.75 Å². The number of carbonyl (C=O) groups is 2. The van der Waals surface area contributed by atoms with Crippen LogP contribution in [0.15, 0.2) is 36.4 Å². The Balaban J connectivity index is 2.21. The fourth-order valence-electron chi connectivity index (χ4n) is 2.41. The Labute approximate surface area is 159 Å². The number of halogens is 1. The molecule has 0 aromatic heterocycles. The Morgan fingerprint density at radius 1 is 1.30 bits per heavy atom. The Morgan fingerprint density at radius 3 is 2.59 bits per heavy atom. The number of primary amides is 1. The molecule has 0 aliphatic rings. The predicted molar refractivity (Wildman–Crippen MR) is 102 cm³/mol. The first kappa shape index (κ1) is 20.0. The Kier molecular flexibility index (Phi) is 6.19. The number of nitro groups is 1. The van der Waals surface area contributed by atoms with Gasteiger partial charge in [-0.1, -0.05) is 11.6 Å². The molecule has 0 saturated carbocycles. The lowest BCUT2D eigenvalue weighted by Crippen LogP contribution is -2.30. The minimum absolute atomic E-state index is 0.00645. The third-order valence-corrected chi connectivity index (χ3v) is 3.92. The minimum atomic E-state index is -0.780. The van der Waals surface area contributed by atoms with E-state index in [0.717, 1.165) is 6.07 Å². The highest BCUT2D eigenvalue weighted by molar-refractivity contribution is 6.31. The van der Waals surface area contributed by atoms with Crippen molar-refractivity contribution < 1.29 is 19.2 Å². The van der Waals surface area contributed by atoms with Crippen molar-refractivity contribution in [2.45, 2.75) is 0 Å². The zero-order valence-electron chi connectivity index (χ0n) is 14.6. The third-order valence-electron chi connectivity index (χ3n) is 3.68. The largest absolute Gasteiger partial charge is 0.495 e. The highest BCUT2D eigenvalue weighted by Crippen LogP contribution is 2.30. The topological polar surface area (TPSA) is 128 Å².